The summed E-state index contributed by atoms with van der Waals surface area (Å²) >= 11 is 3.54. The van der Waals surface area contributed by atoms with E-state index < -0.39 is 0 Å². The molecule has 18 heavy (non-hydrogen) atoms. The smallest absolute Gasteiger partial charge is 0.0745 e. The van der Waals surface area contributed by atoms with E-state index in [1.54, 1.807) is 0 Å². The molecule has 0 bridgehead atoms. The number of halogens is 1. The summed E-state index contributed by atoms with van der Waals surface area (Å²) in [6.45, 7) is 5.10. The SMILES string of the molecule is CCn1nccc1C(NC)c1ccc(Br)c(C)c1. The van der Waals surface area contributed by atoms with Gasteiger partial charge in [-0.05, 0) is 44.2 Å². The predicted octanol–water partition coefficient (Wildman–Crippen LogP) is 3.28. The second kappa shape index (κ2) is 5.67. The van der Waals surface area contributed by atoms with E-state index in [9.17, 15) is 0 Å². The lowest BCUT2D eigenvalue weighted by Crippen LogP contribution is -2.21. The Morgan fingerprint density at radius 2 is 2.17 bits per heavy atom. The van der Waals surface area contributed by atoms with E-state index in [0.29, 0.717) is 0 Å². The van der Waals surface area contributed by atoms with Crippen molar-refractivity contribution in [3.63, 3.8) is 0 Å². The van der Waals surface area contributed by atoms with Gasteiger partial charge in [0, 0.05) is 17.2 Å². The van der Waals surface area contributed by atoms with Gasteiger partial charge in [0.25, 0.3) is 0 Å². The molecule has 0 radical (unpaired) electrons. The molecule has 1 atom stereocenters. The van der Waals surface area contributed by atoms with Crippen LogP contribution in [0.3, 0.4) is 0 Å². The van der Waals surface area contributed by atoms with E-state index in [1.807, 2.05) is 17.9 Å². The highest BCUT2D eigenvalue weighted by atomic mass is 79.9. The molecule has 96 valence electrons. The van der Waals surface area contributed by atoms with Gasteiger partial charge in [-0.1, -0.05) is 28.1 Å². The van der Waals surface area contributed by atoms with Gasteiger partial charge in [0.1, 0.15) is 0 Å². The lowest BCUT2D eigenvalue weighted by atomic mass is 10.0. The Balaban J connectivity index is 2.42. The lowest BCUT2D eigenvalue weighted by Gasteiger charge is -2.18. The first-order valence-corrected chi connectivity index (χ1v) is 6.91. The quantitative estimate of drug-likeness (QED) is 0.939. The van der Waals surface area contributed by atoms with Gasteiger partial charge in [0.05, 0.1) is 11.7 Å². The van der Waals surface area contributed by atoms with Crippen LogP contribution in [-0.4, -0.2) is 16.8 Å². The summed E-state index contributed by atoms with van der Waals surface area (Å²) in [4.78, 5) is 0. The Labute approximate surface area is 116 Å². The summed E-state index contributed by atoms with van der Waals surface area (Å²) < 4.78 is 3.17. The van der Waals surface area contributed by atoms with Crippen LogP contribution < -0.4 is 5.32 Å². The average Bonchev–Trinajstić information content (AvgIpc) is 2.83. The van der Waals surface area contributed by atoms with Gasteiger partial charge < -0.3 is 5.32 Å². The number of aryl methyl sites for hydroxylation is 2. The third-order valence-corrected chi connectivity index (χ3v) is 4.04. The van der Waals surface area contributed by atoms with Crippen LogP contribution in [0.25, 0.3) is 0 Å². The Morgan fingerprint density at radius 1 is 1.39 bits per heavy atom. The molecule has 2 rings (SSSR count). The first kappa shape index (κ1) is 13.3. The van der Waals surface area contributed by atoms with Crippen molar-refractivity contribution >= 4 is 15.9 Å². The van der Waals surface area contributed by atoms with Crippen molar-refractivity contribution < 1.29 is 0 Å². The number of rotatable bonds is 4. The van der Waals surface area contributed by atoms with Gasteiger partial charge in [-0.25, -0.2) is 0 Å². The molecule has 0 saturated heterocycles. The standard InChI is InChI=1S/C14H18BrN3/c1-4-18-13(7-8-17-18)14(16-3)11-5-6-12(15)10(2)9-11/h5-9,14,16H,4H2,1-3H3. The molecule has 1 aromatic heterocycles. The molecule has 1 heterocycles. The van der Waals surface area contributed by atoms with Crippen LogP contribution in [-0.2, 0) is 6.54 Å². The zero-order chi connectivity index (χ0) is 13.1. The minimum atomic E-state index is 0.180. The summed E-state index contributed by atoms with van der Waals surface area (Å²) in [5.74, 6) is 0. The number of aromatic nitrogens is 2. The first-order chi connectivity index (χ1) is 8.67. The third kappa shape index (κ3) is 2.49. The highest BCUT2D eigenvalue weighted by molar-refractivity contribution is 9.10. The highest BCUT2D eigenvalue weighted by Gasteiger charge is 2.16. The maximum Gasteiger partial charge on any atom is 0.0745 e. The van der Waals surface area contributed by atoms with Crippen LogP contribution >= 0.6 is 15.9 Å². The minimum Gasteiger partial charge on any atom is -0.308 e. The van der Waals surface area contributed by atoms with Gasteiger partial charge in [0.15, 0.2) is 0 Å². The molecular weight excluding hydrogens is 290 g/mol. The van der Waals surface area contributed by atoms with E-state index in [1.165, 1.54) is 16.8 Å². The maximum absolute atomic E-state index is 4.34. The average molecular weight is 308 g/mol. The number of nitrogens with one attached hydrogen (secondary N) is 1. The van der Waals surface area contributed by atoms with Gasteiger partial charge in [-0.15, -0.1) is 0 Å². The third-order valence-electron chi connectivity index (χ3n) is 3.15. The van der Waals surface area contributed by atoms with Gasteiger partial charge in [0.2, 0.25) is 0 Å². The Hall–Kier alpha value is -1.13. The van der Waals surface area contributed by atoms with Crippen molar-refractivity contribution in [3.8, 4) is 0 Å². The van der Waals surface area contributed by atoms with E-state index in [-0.39, 0.29) is 6.04 Å². The van der Waals surface area contributed by atoms with Crippen molar-refractivity contribution in [2.24, 2.45) is 0 Å². The molecular formula is C14H18BrN3. The zero-order valence-electron chi connectivity index (χ0n) is 10.9. The molecule has 0 amide bonds. The van der Waals surface area contributed by atoms with Crippen LogP contribution in [0.2, 0.25) is 0 Å². The van der Waals surface area contributed by atoms with E-state index >= 15 is 0 Å². The fraction of sp³-hybridized carbons (Fsp3) is 0.357. The Bertz CT molecular complexity index is 534. The van der Waals surface area contributed by atoms with Gasteiger partial charge in [-0.2, -0.15) is 5.10 Å². The molecule has 3 nitrogen and oxygen atoms in total. The number of hydrogen-bond donors (Lipinski definition) is 1. The van der Waals surface area contributed by atoms with E-state index in [4.69, 9.17) is 0 Å². The van der Waals surface area contributed by atoms with Crippen LogP contribution in [0.15, 0.2) is 34.9 Å². The Morgan fingerprint density at radius 3 is 2.78 bits per heavy atom. The van der Waals surface area contributed by atoms with E-state index in [2.05, 4.69) is 64.5 Å². The molecule has 1 unspecified atom stereocenters. The van der Waals surface area contributed by atoms with Crippen molar-refractivity contribution in [1.29, 1.82) is 0 Å². The zero-order valence-corrected chi connectivity index (χ0v) is 12.5. The molecule has 0 aliphatic heterocycles. The van der Waals surface area contributed by atoms with Crippen molar-refractivity contribution in [3.05, 3.63) is 51.8 Å². The monoisotopic (exact) mass is 307 g/mol. The highest BCUT2D eigenvalue weighted by Crippen LogP contribution is 2.25. The number of nitrogens with zero attached hydrogens (tertiary/aromatic N) is 2. The molecule has 0 fully saturated rings. The Kier molecular flexibility index (Phi) is 4.19. The first-order valence-electron chi connectivity index (χ1n) is 6.12. The molecule has 0 spiro atoms. The summed E-state index contributed by atoms with van der Waals surface area (Å²) in [5.41, 5.74) is 3.70. The topological polar surface area (TPSA) is 29.9 Å². The van der Waals surface area contributed by atoms with E-state index in [0.717, 1.165) is 11.0 Å². The molecule has 1 aromatic carbocycles. The molecule has 0 saturated carbocycles. The van der Waals surface area contributed by atoms with Crippen LogP contribution in [0.5, 0.6) is 0 Å². The number of hydrogen-bond acceptors (Lipinski definition) is 2. The molecule has 1 N–H and O–H groups in total. The summed E-state index contributed by atoms with van der Waals surface area (Å²) in [5, 5.41) is 7.70. The lowest BCUT2D eigenvalue weighted by molar-refractivity contribution is 0.563. The summed E-state index contributed by atoms with van der Waals surface area (Å²) in [7, 11) is 1.98. The molecule has 0 aliphatic rings. The summed E-state index contributed by atoms with van der Waals surface area (Å²) in [6, 6.07) is 8.70. The van der Waals surface area contributed by atoms with Crippen LogP contribution in [0.4, 0.5) is 0 Å². The molecule has 2 aromatic rings. The maximum atomic E-state index is 4.34. The largest absolute Gasteiger partial charge is 0.308 e. The predicted molar refractivity (Wildman–Crippen MR) is 77.7 cm³/mol. The van der Waals surface area contributed by atoms with Crippen molar-refractivity contribution in [2.45, 2.75) is 26.4 Å². The minimum absolute atomic E-state index is 0.180. The van der Waals surface area contributed by atoms with Crippen LogP contribution in [0, 0.1) is 6.92 Å². The molecule has 4 heteroatoms. The van der Waals surface area contributed by atoms with Crippen molar-refractivity contribution in [1.82, 2.24) is 15.1 Å². The van der Waals surface area contributed by atoms with Crippen LogP contribution in [0.1, 0.15) is 29.8 Å². The molecule has 0 aliphatic carbocycles. The van der Waals surface area contributed by atoms with Crippen molar-refractivity contribution in [2.75, 3.05) is 7.05 Å². The van der Waals surface area contributed by atoms with Gasteiger partial charge >= 0.3 is 0 Å². The number of benzene rings is 1. The normalized spacial score (nSPS) is 12.7. The second-order valence-corrected chi connectivity index (χ2v) is 5.16. The summed E-state index contributed by atoms with van der Waals surface area (Å²) in [6.07, 6.45) is 1.86. The fourth-order valence-electron chi connectivity index (χ4n) is 2.19. The van der Waals surface area contributed by atoms with Gasteiger partial charge in [-0.3, -0.25) is 4.68 Å². The fourth-order valence-corrected chi connectivity index (χ4v) is 2.43. The second-order valence-electron chi connectivity index (χ2n) is 4.30.